The first-order chi connectivity index (χ1) is 15.6. The number of alkyl halides is 1. The summed E-state index contributed by atoms with van der Waals surface area (Å²) in [7, 11) is 3.45. The van der Waals surface area contributed by atoms with Gasteiger partial charge in [-0.25, -0.2) is 13.8 Å². The van der Waals surface area contributed by atoms with Gasteiger partial charge in [0.25, 0.3) is 0 Å². The molecule has 0 spiro atoms. The topological polar surface area (TPSA) is 92.0 Å². The lowest BCUT2D eigenvalue weighted by Crippen LogP contribution is -2.65. The number of halogens is 2. The summed E-state index contributed by atoms with van der Waals surface area (Å²) in [6, 6.07) is 2.17. The van der Waals surface area contributed by atoms with Gasteiger partial charge >= 0.3 is 0 Å². The van der Waals surface area contributed by atoms with Crippen LogP contribution in [0.2, 0.25) is 0 Å². The van der Waals surface area contributed by atoms with Crippen LogP contribution in [0.3, 0.4) is 0 Å². The van der Waals surface area contributed by atoms with Crippen molar-refractivity contribution in [3.8, 4) is 28.3 Å². The predicted molar refractivity (Wildman–Crippen MR) is 120 cm³/mol. The molecule has 3 aromatic rings. The number of aryl methyl sites for hydroxylation is 1. The number of nitrogens with one attached hydrogen (secondary N) is 1. The van der Waals surface area contributed by atoms with E-state index >= 15 is 4.39 Å². The molecule has 0 saturated carbocycles. The Bertz CT molecular complexity index is 1200. The second-order valence-corrected chi connectivity index (χ2v) is 9.72. The first-order valence-corrected chi connectivity index (χ1v) is 11.0. The fraction of sp³-hybridized carbons (Fsp3) is 0.478. The average molecular weight is 456 g/mol. The molecule has 2 saturated heterocycles. The van der Waals surface area contributed by atoms with Crippen LogP contribution in [0, 0.1) is 5.82 Å². The minimum Gasteiger partial charge on any atom is -0.507 e. The van der Waals surface area contributed by atoms with E-state index < -0.39 is 17.5 Å². The average Bonchev–Trinajstić information content (AvgIpc) is 3.33. The maximum absolute atomic E-state index is 15.4. The molecule has 0 aliphatic carbocycles. The number of aromatic nitrogens is 5. The summed E-state index contributed by atoms with van der Waals surface area (Å²) in [5.41, 5.74) is 0.343. The SMILES string of the molecule is CN(c1cnc(-c2cc(F)c(-c3cnn(C)n3)cc2O)cn1)[C@@H]1C[C@@]2(C)CC[C@](C)(N2)[C@@H]1F. The van der Waals surface area contributed by atoms with Crippen molar-refractivity contribution in [3.63, 3.8) is 0 Å². The number of hydrogen-bond acceptors (Lipinski definition) is 7. The number of piperidine rings is 1. The number of nitrogens with zero attached hydrogens (tertiary/aromatic N) is 6. The number of phenolic OH excluding ortho intramolecular Hbond substituents is 1. The largest absolute Gasteiger partial charge is 0.507 e. The third kappa shape index (κ3) is 3.62. The summed E-state index contributed by atoms with van der Waals surface area (Å²) in [6.07, 6.45) is 5.78. The Morgan fingerprint density at radius 3 is 2.58 bits per heavy atom. The van der Waals surface area contributed by atoms with Crippen LogP contribution >= 0.6 is 0 Å². The summed E-state index contributed by atoms with van der Waals surface area (Å²) in [5, 5.41) is 22.0. The number of hydrogen-bond donors (Lipinski definition) is 2. The van der Waals surface area contributed by atoms with E-state index in [0.29, 0.717) is 23.6 Å². The van der Waals surface area contributed by atoms with Gasteiger partial charge in [-0.05, 0) is 45.2 Å². The van der Waals surface area contributed by atoms with Gasteiger partial charge in [-0.3, -0.25) is 4.98 Å². The maximum Gasteiger partial charge on any atom is 0.147 e. The van der Waals surface area contributed by atoms with E-state index in [0.717, 1.165) is 12.8 Å². The quantitative estimate of drug-likeness (QED) is 0.624. The molecule has 0 amide bonds. The Hall–Kier alpha value is -3.14. The van der Waals surface area contributed by atoms with Crippen LogP contribution in [-0.4, -0.2) is 60.4 Å². The molecular formula is C23H27F2N7O. The molecule has 10 heteroatoms. The van der Waals surface area contributed by atoms with Crippen LogP contribution in [-0.2, 0) is 7.05 Å². The summed E-state index contributed by atoms with van der Waals surface area (Å²) in [6.45, 7) is 4.08. The Kier molecular flexibility index (Phi) is 4.89. The van der Waals surface area contributed by atoms with Gasteiger partial charge in [0.2, 0.25) is 0 Å². The molecule has 4 heterocycles. The lowest BCUT2D eigenvalue weighted by Gasteiger charge is -2.47. The van der Waals surface area contributed by atoms with E-state index in [-0.39, 0.29) is 28.5 Å². The molecular weight excluding hydrogens is 428 g/mol. The predicted octanol–water partition coefficient (Wildman–Crippen LogP) is 3.23. The van der Waals surface area contributed by atoms with Crippen LogP contribution < -0.4 is 10.2 Å². The Labute approximate surface area is 190 Å². The highest BCUT2D eigenvalue weighted by Gasteiger charge is 2.56. The van der Waals surface area contributed by atoms with E-state index in [4.69, 9.17) is 0 Å². The van der Waals surface area contributed by atoms with Gasteiger partial charge in [0.05, 0.1) is 30.3 Å². The molecule has 174 valence electrons. The van der Waals surface area contributed by atoms with Crippen molar-refractivity contribution in [1.29, 1.82) is 0 Å². The van der Waals surface area contributed by atoms with Gasteiger partial charge in [0, 0.05) is 36.3 Å². The first-order valence-electron chi connectivity index (χ1n) is 11.0. The third-order valence-electron chi connectivity index (χ3n) is 7.12. The molecule has 2 fully saturated rings. The zero-order valence-electron chi connectivity index (χ0n) is 19.0. The summed E-state index contributed by atoms with van der Waals surface area (Å²) in [4.78, 5) is 12.0. The molecule has 2 N–H and O–H groups in total. The minimum atomic E-state index is -1.05. The Balaban J connectivity index is 1.40. The molecule has 1 aromatic carbocycles. The second-order valence-electron chi connectivity index (χ2n) is 9.72. The highest BCUT2D eigenvalue weighted by atomic mass is 19.1. The van der Waals surface area contributed by atoms with Gasteiger partial charge in [-0.1, -0.05) is 0 Å². The van der Waals surface area contributed by atoms with E-state index in [2.05, 4.69) is 32.4 Å². The number of phenols is 1. The number of anilines is 1. The number of fused-ring (bicyclic) bond motifs is 2. The van der Waals surface area contributed by atoms with Gasteiger partial charge < -0.3 is 15.3 Å². The highest BCUT2D eigenvalue weighted by molar-refractivity contribution is 5.73. The molecule has 0 unspecified atom stereocenters. The van der Waals surface area contributed by atoms with E-state index in [1.807, 2.05) is 18.9 Å². The van der Waals surface area contributed by atoms with Crippen molar-refractivity contribution in [2.45, 2.75) is 56.4 Å². The fourth-order valence-corrected chi connectivity index (χ4v) is 5.28. The van der Waals surface area contributed by atoms with Crippen molar-refractivity contribution in [3.05, 3.63) is 36.5 Å². The smallest absolute Gasteiger partial charge is 0.147 e. The van der Waals surface area contributed by atoms with Crippen LogP contribution in [0.15, 0.2) is 30.7 Å². The molecule has 8 nitrogen and oxygen atoms in total. The fourth-order valence-electron chi connectivity index (χ4n) is 5.28. The van der Waals surface area contributed by atoms with Crippen molar-refractivity contribution in [2.75, 3.05) is 11.9 Å². The third-order valence-corrected chi connectivity index (χ3v) is 7.12. The monoisotopic (exact) mass is 455 g/mol. The summed E-state index contributed by atoms with van der Waals surface area (Å²) >= 11 is 0. The Morgan fingerprint density at radius 1 is 1.12 bits per heavy atom. The maximum atomic E-state index is 15.4. The standard InChI is InChI=1S/C23H27F2N7O/c1-22-5-6-23(2,30-22)21(25)18(9-22)31(3)20-12-26-16(10-27-20)14-7-15(24)13(8-19(14)33)17-11-28-32(4)29-17/h7-8,10-12,18,21,30,33H,5-6,9H2,1-4H3/t18-,21-,22-,23+/m1/s1. The van der Waals surface area contributed by atoms with Gasteiger partial charge in [0.1, 0.15) is 29.3 Å². The lowest BCUT2D eigenvalue weighted by molar-refractivity contribution is 0.0859. The van der Waals surface area contributed by atoms with E-state index in [1.165, 1.54) is 35.5 Å². The summed E-state index contributed by atoms with van der Waals surface area (Å²) < 4.78 is 30.2. The highest BCUT2D eigenvalue weighted by Crippen LogP contribution is 2.45. The van der Waals surface area contributed by atoms with Gasteiger partial charge in [-0.2, -0.15) is 15.0 Å². The second kappa shape index (κ2) is 7.44. The van der Waals surface area contributed by atoms with Crippen LogP contribution in [0.5, 0.6) is 5.75 Å². The van der Waals surface area contributed by atoms with Crippen LogP contribution in [0.1, 0.15) is 33.1 Å². The van der Waals surface area contributed by atoms with Crippen molar-refractivity contribution in [1.82, 2.24) is 30.3 Å². The molecule has 0 radical (unpaired) electrons. The number of aromatic hydroxyl groups is 1. The normalized spacial score (nSPS) is 28.8. The summed E-state index contributed by atoms with van der Waals surface area (Å²) in [5.74, 6) is -0.179. The zero-order valence-corrected chi connectivity index (χ0v) is 19.0. The first kappa shape index (κ1) is 21.7. The van der Waals surface area contributed by atoms with Crippen molar-refractivity contribution >= 4 is 5.82 Å². The minimum absolute atomic E-state index is 0.0994. The number of rotatable bonds is 4. The number of benzene rings is 1. The van der Waals surface area contributed by atoms with Gasteiger partial charge in [0.15, 0.2) is 0 Å². The molecule has 2 aliphatic rings. The molecule has 2 aromatic heterocycles. The molecule has 2 bridgehead atoms. The lowest BCUT2D eigenvalue weighted by atomic mass is 9.82. The molecule has 33 heavy (non-hydrogen) atoms. The van der Waals surface area contributed by atoms with Crippen molar-refractivity contribution < 1.29 is 13.9 Å². The van der Waals surface area contributed by atoms with E-state index in [9.17, 15) is 9.50 Å². The zero-order chi connectivity index (χ0) is 23.5. The molecule has 5 rings (SSSR count). The molecule has 4 atom stereocenters. The van der Waals surface area contributed by atoms with Crippen molar-refractivity contribution in [2.24, 2.45) is 7.05 Å². The van der Waals surface area contributed by atoms with Crippen LogP contribution in [0.4, 0.5) is 14.6 Å². The molecule has 2 aliphatic heterocycles. The van der Waals surface area contributed by atoms with E-state index in [1.54, 1.807) is 7.05 Å². The van der Waals surface area contributed by atoms with Crippen LogP contribution in [0.25, 0.3) is 22.5 Å². The van der Waals surface area contributed by atoms with Gasteiger partial charge in [-0.15, -0.1) is 0 Å². The Morgan fingerprint density at radius 2 is 1.91 bits per heavy atom.